The van der Waals surface area contributed by atoms with Crippen LogP contribution in [0.1, 0.15) is 5.56 Å². The van der Waals surface area contributed by atoms with Crippen LogP contribution in [0.5, 0.6) is 0 Å². The maximum Gasteiger partial charge on any atom is 0.271 e. The fourth-order valence-electron chi connectivity index (χ4n) is 1.83. The van der Waals surface area contributed by atoms with Gasteiger partial charge in [0.15, 0.2) is 5.16 Å². The van der Waals surface area contributed by atoms with Crippen LogP contribution in [0.3, 0.4) is 0 Å². The number of hydrogen-bond donors (Lipinski definition) is 0. The van der Waals surface area contributed by atoms with E-state index in [1.807, 2.05) is 11.4 Å². The van der Waals surface area contributed by atoms with E-state index in [2.05, 4.69) is 4.98 Å². The summed E-state index contributed by atoms with van der Waals surface area (Å²) < 4.78 is 15.1. The van der Waals surface area contributed by atoms with Crippen molar-refractivity contribution < 1.29 is 4.39 Å². The van der Waals surface area contributed by atoms with Crippen LogP contribution in [0.25, 0.3) is 10.2 Å². The molecule has 0 unspecified atom stereocenters. The maximum absolute atomic E-state index is 12.8. The second-order valence-electron chi connectivity index (χ2n) is 4.31. The molecule has 0 bridgehead atoms. The molecule has 1 aromatic carbocycles. The van der Waals surface area contributed by atoms with Crippen molar-refractivity contribution in [3.8, 4) is 0 Å². The summed E-state index contributed by atoms with van der Waals surface area (Å²) in [5.74, 6) is 0.403. The lowest BCUT2D eigenvalue weighted by molar-refractivity contribution is 0.627. The van der Waals surface area contributed by atoms with Gasteiger partial charge in [-0.3, -0.25) is 9.36 Å². The molecular weight excluding hydrogens is 295 g/mol. The Balaban J connectivity index is 1.89. The minimum absolute atomic E-state index is 0.0217. The number of thiophene rings is 1. The summed E-state index contributed by atoms with van der Waals surface area (Å²) >= 11 is 2.88. The molecule has 3 rings (SSSR count). The molecule has 2 heterocycles. The van der Waals surface area contributed by atoms with E-state index < -0.39 is 0 Å². The van der Waals surface area contributed by atoms with Crippen molar-refractivity contribution in [2.45, 2.75) is 10.9 Å². The Morgan fingerprint density at radius 2 is 2.05 bits per heavy atom. The standard InChI is InChI=1S/C14H11FN2OS2/c1-17-13(18)12-11(6-7-19-12)16-14(17)20-8-9-2-4-10(15)5-3-9/h2-7H,8H2,1H3. The summed E-state index contributed by atoms with van der Waals surface area (Å²) in [6.07, 6.45) is 0. The monoisotopic (exact) mass is 306 g/mol. The Morgan fingerprint density at radius 3 is 2.80 bits per heavy atom. The molecule has 0 saturated carbocycles. The van der Waals surface area contributed by atoms with E-state index in [1.165, 1.54) is 35.2 Å². The quantitative estimate of drug-likeness (QED) is 0.549. The normalized spacial score (nSPS) is 11.1. The Labute approximate surface area is 123 Å². The van der Waals surface area contributed by atoms with E-state index in [0.29, 0.717) is 15.6 Å². The molecule has 0 fully saturated rings. The highest BCUT2D eigenvalue weighted by Gasteiger charge is 2.09. The van der Waals surface area contributed by atoms with Gasteiger partial charge in [0.05, 0.1) is 5.52 Å². The van der Waals surface area contributed by atoms with Crippen molar-refractivity contribution >= 4 is 33.3 Å². The van der Waals surface area contributed by atoms with Gasteiger partial charge >= 0.3 is 0 Å². The lowest BCUT2D eigenvalue weighted by Gasteiger charge is -2.07. The van der Waals surface area contributed by atoms with E-state index in [9.17, 15) is 9.18 Å². The third kappa shape index (κ3) is 2.48. The first-order chi connectivity index (χ1) is 9.65. The number of hydrogen-bond acceptors (Lipinski definition) is 4. The molecule has 20 heavy (non-hydrogen) atoms. The Bertz CT molecular complexity index is 808. The van der Waals surface area contributed by atoms with Gasteiger partial charge in [-0.1, -0.05) is 23.9 Å². The molecule has 0 N–H and O–H groups in total. The van der Waals surface area contributed by atoms with Crippen molar-refractivity contribution in [2.75, 3.05) is 0 Å². The van der Waals surface area contributed by atoms with Crippen molar-refractivity contribution in [3.05, 3.63) is 57.4 Å². The summed E-state index contributed by atoms with van der Waals surface area (Å²) in [5.41, 5.74) is 1.71. The molecule has 0 atom stereocenters. The SMILES string of the molecule is Cn1c(SCc2ccc(F)cc2)nc2ccsc2c1=O. The van der Waals surface area contributed by atoms with Crippen molar-refractivity contribution in [2.24, 2.45) is 7.05 Å². The highest BCUT2D eigenvalue weighted by molar-refractivity contribution is 7.98. The summed E-state index contributed by atoms with van der Waals surface area (Å²) in [4.78, 5) is 16.6. The molecule has 0 spiro atoms. The van der Waals surface area contributed by atoms with Crippen molar-refractivity contribution in [1.29, 1.82) is 0 Å². The van der Waals surface area contributed by atoms with Gasteiger partial charge in [-0.15, -0.1) is 11.3 Å². The minimum atomic E-state index is -0.246. The number of rotatable bonds is 3. The summed E-state index contributed by atoms with van der Waals surface area (Å²) in [6, 6.07) is 8.20. The highest BCUT2D eigenvalue weighted by atomic mass is 32.2. The molecule has 3 nitrogen and oxygen atoms in total. The van der Waals surface area contributed by atoms with Crippen LogP contribution in [0, 0.1) is 5.82 Å². The lowest BCUT2D eigenvalue weighted by atomic mass is 10.2. The fourth-order valence-corrected chi connectivity index (χ4v) is 3.56. The minimum Gasteiger partial charge on any atom is -0.290 e. The molecule has 0 radical (unpaired) electrons. The lowest BCUT2D eigenvalue weighted by Crippen LogP contribution is -2.18. The smallest absolute Gasteiger partial charge is 0.271 e. The second-order valence-corrected chi connectivity index (χ2v) is 6.17. The van der Waals surface area contributed by atoms with Crippen LogP contribution in [0.15, 0.2) is 45.7 Å². The van der Waals surface area contributed by atoms with Gasteiger partial charge < -0.3 is 0 Å². The number of thioether (sulfide) groups is 1. The molecular formula is C14H11FN2OS2. The first-order valence-electron chi connectivity index (χ1n) is 5.96. The average Bonchev–Trinajstić information content (AvgIpc) is 2.91. The van der Waals surface area contributed by atoms with Gasteiger partial charge in [0.2, 0.25) is 0 Å². The third-order valence-corrected chi connectivity index (χ3v) is 4.92. The maximum atomic E-state index is 12.8. The zero-order chi connectivity index (χ0) is 14.1. The average molecular weight is 306 g/mol. The van der Waals surface area contributed by atoms with Gasteiger partial charge in [-0.05, 0) is 29.1 Å². The Kier molecular flexibility index (Phi) is 3.58. The molecule has 102 valence electrons. The number of fused-ring (bicyclic) bond motifs is 1. The molecule has 2 aromatic heterocycles. The van der Waals surface area contributed by atoms with Gasteiger partial charge in [0, 0.05) is 12.8 Å². The molecule has 0 aliphatic rings. The Morgan fingerprint density at radius 1 is 1.30 bits per heavy atom. The number of nitrogens with zero attached hydrogens (tertiary/aromatic N) is 2. The molecule has 0 aliphatic heterocycles. The topological polar surface area (TPSA) is 34.9 Å². The van der Waals surface area contributed by atoms with Crippen molar-refractivity contribution in [3.63, 3.8) is 0 Å². The third-order valence-electron chi connectivity index (χ3n) is 2.93. The summed E-state index contributed by atoms with van der Waals surface area (Å²) in [6.45, 7) is 0. The van der Waals surface area contributed by atoms with E-state index in [1.54, 1.807) is 23.7 Å². The van der Waals surface area contributed by atoms with Gasteiger partial charge in [0.1, 0.15) is 10.5 Å². The number of halogens is 1. The molecule has 3 aromatic rings. The van der Waals surface area contributed by atoms with Crippen LogP contribution in [-0.2, 0) is 12.8 Å². The number of benzene rings is 1. The van der Waals surface area contributed by atoms with E-state index in [-0.39, 0.29) is 11.4 Å². The van der Waals surface area contributed by atoms with Gasteiger partial charge in [0.25, 0.3) is 5.56 Å². The van der Waals surface area contributed by atoms with Crippen LogP contribution in [-0.4, -0.2) is 9.55 Å². The first-order valence-corrected chi connectivity index (χ1v) is 7.83. The fraction of sp³-hybridized carbons (Fsp3) is 0.143. The molecule has 0 aliphatic carbocycles. The van der Waals surface area contributed by atoms with Crippen LogP contribution >= 0.6 is 23.1 Å². The van der Waals surface area contributed by atoms with Crippen LogP contribution in [0.4, 0.5) is 4.39 Å². The highest BCUT2D eigenvalue weighted by Crippen LogP contribution is 2.23. The van der Waals surface area contributed by atoms with Crippen LogP contribution < -0.4 is 5.56 Å². The van der Waals surface area contributed by atoms with E-state index >= 15 is 0 Å². The zero-order valence-electron chi connectivity index (χ0n) is 10.7. The van der Waals surface area contributed by atoms with Gasteiger partial charge in [-0.25, -0.2) is 9.37 Å². The van der Waals surface area contributed by atoms with Crippen LogP contribution in [0.2, 0.25) is 0 Å². The van der Waals surface area contributed by atoms with E-state index in [4.69, 9.17) is 0 Å². The Hall–Kier alpha value is -1.66. The van der Waals surface area contributed by atoms with E-state index in [0.717, 1.165) is 11.1 Å². The largest absolute Gasteiger partial charge is 0.290 e. The second kappa shape index (κ2) is 5.38. The van der Waals surface area contributed by atoms with Gasteiger partial charge in [-0.2, -0.15) is 0 Å². The number of aromatic nitrogens is 2. The predicted octanol–water partition coefficient (Wildman–Crippen LogP) is 3.43. The van der Waals surface area contributed by atoms with Crippen molar-refractivity contribution in [1.82, 2.24) is 9.55 Å². The first kappa shape index (κ1) is 13.3. The molecule has 6 heteroatoms. The molecule has 0 amide bonds. The summed E-state index contributed by atoms with van der Waals surface area (Å²) in [7, 11) is 1.72. The molecule has 0 saturated heterocycles. The summed E-state index contributed by atoms with van der Waals surface area (Å²) in [5, 5.41) is 2.54. The zero-order valence-corrected chi connectivity index (χ0v) is 12.3. The predicted molar refractivity (Wildman–Crippen MR) is 80.8 cm³/mol.